The van der Waals surface area contributed by atoms with Crippen LogP contribution in [-0.2, 0) is 28.5 Å². The molecule has 0 aliphatic carbocycles. The molecular formula is C29H30N6O4S2. The molecule has 4 N–H and O–H groups in total. The first kappa shape index (κ1) is 27.5. The van der Waals surface area contributed by atoms with Gasteiger partial charge in [0, 0.05) is 37.0 Å². The number of benzene rings is 3. The summed E-state index contributed by atoms with van der Waals surface area (Å²) in [5.41, 5.74) is 11.9. The van der Waals surface area contributed by atoms with E-state index in [0.29, 0.717) is 39.7 Å². The number of nitrogens with zero attached hydrogens (tertiary/aromatic N) is 3. The third-order valence-electron chi connectivity index (χ3n) is 7.63. The maximum Gasteiger partial charge on any atom is 0.250 e. The van der Waals surface area contributed by atoms with Crippen molar-refractivity contribution in [3.05, 3.63) is 77.5 Å². The predicted octanol–water partition coefficient (Wildman–Crippen LogP) is 4.15. The molecule has 2 unspecified atom stereocenters. The van der Waals surface area contributed by atoms with E-state index in [4.69, 9.17) is 10.4 Å². The highest BCUT2D eigenvalue weighted by molar-refractivity contribution is 7.83. The molecule has 6 rings (SSSR count). The van der Waals surface area contributed by atoms with Crippen LogP contribution in [0.25, 0.3) is 33.1 Å². The lowest BCUT2D eigenvalue weighted by molar-refractivity contribution is 0.100. The molecule has 1 aliphatic rings. The highest BCUT2D eigenvalue weighted by Gasteiger charge is 2.26. The van der Waals surface area contributed by atoms with Gasteiger partial charge in [0.15, 0.2) is 5.52 Å². The summed E-state index contributed by atoms with van der Waals surface area (Å²) in [5.74, 6) is 0.422. The number of hydrogen-bond acceptors (Lipinski definition) is 6. The summed E-state index contributed by atoms with van der Waals surface area (Å²) >= 11 is 0. The van der Waals surface area contributed by atoms with Gasteiger partial charge in [-0.15, -0.1) is 0 Å². The summed E-state index contributed by atoms with van der Waals surface area (Å²) < 4.78 is 35.2. The minimum absolute atomic E-state index is 0.291. The fourth-order valence-corrected chi connectivity index (χ4v) is 7.48. The van der Waals surface area contributed by atoms with Gasteiger partial charge in [-0.25, -0.2) is 22.1 Å². The van der Waals surface area contributed by atoms with Crippen LogP contribution in [0.1, 0.15) is 47.2 Å². The highest BCUT2D eigenvalue weighted by atomic mass is 32.2. The van der Waals surface area contributed by atoms with E-state index >= 15 is 0 Å². The zero-order chi connectivity index (χ0) is 28.5. The van der Waals surface area contributed by atoms with Crippen LogP contribution in [-0.4, -0.2) is 52.8 Å². The molecule has 0 bridgehead atoms. The van der Waals surface area contributed by atoms with E-state index in [1.54, 1.807) is 18.2 Å². The molecule has 1 saturated heterocycles. The van der Waals surface area contributed by atoms with Crippen LogP contribution < -0.4 is 10.5 Å². The van der Waals surface area contributed by atoms with Gasteiger partial charge in [0.25, 0.3) is 5.91 Å². The van der Waals surface area contributed by atoms with E-state index in [-0.39, 0.29) is 0 Å². The molecule has 1 aliphatic heterocycles. The Morgan fingerprint density at radius 2 is 1.90 bits per heavy atom. The van der Waals surface area contributed by atoms with Crippen LogP contribution in [0.5, 0.6) is 0 Å². The molecular weight excluding hydrogens is 560 g/mol. The SMILES string of the molecule is CCS(=O)N1CCC(c2c[nH]c3c(C(N)=O)cc(-c4cccc(CNS(=O)c5cccc6nonc56)c4)cc23)CC1. The van der Waals surface area contributed by atoms with Crippen LogP contribution in [0.3, 0.4) is 0 Å². The number of amides is 1. The Balaban J connectivity index is 1.27. The molecule has 3 aromatic carbocycles. The quantitative estimate of drug-likeness (QED) is 0.235. The number of carbonyl (C=O) groups is 1. The number of aromatic nitrogens is 3. The van der Waals surface area contributed by atoms with E-state index in [1.165, 1.54) is 0 Å². The summed E-state index contributed by atoms with van der Waals surface area (Å²) in [6, 6.07) is 17.1. The molecule has 0 radical (unpaired) electrons. The van der Waals surface area contributed by atoms with Crippen molar-refractivity contribution in [2.75, 3.05) is 18.8 Å². The van der Waals surface area contributed by atoms with Crippen molar-refractivity contribution in [1.82, 2.24) is 24.3 Å². The minimum Gasteiger partial charge on any atom is -0.366 e. The van der Waals surface area contributed by atoms with Gasteiger partial charge in [-0.3, -0.25) is 4.79 Å². The third kappa shape index (κ3) is 5.47. The molecule has 5 aromatic rings. The molecule has 2 aromatic heterocycles. The monoisotopic (exact) mass is 590 g/mol. The second-order valence-corrected chi connectivity index (χ2v) is 13.0. The average molecular weight is 591 g/mol. The van der Waals surface area contributed by atoms with Crippen LogP contribution >= 0.6 is 0 Å². The number of rotatable bonds is 9. The smallest absolute Gasteiger partial charge is 0.250 e. The number of hydrogen-bond donors (Lipinski definition) is 3. The van der Waals surface area contributed by atoms with E-state index in [1.807, 2.05) is 47.8 Å². The Morgan fingerprint density at radius 1 is 1.10 bits per heavy atom. The van der Waals surface area contributed by atoms with E-state index in [0.717, 1.165) is 59.1 Å². The van der Waals surface area contributed by atoms with Crippen LogP contribution in [0, 0.1) is 0 Å². The fourth-order valence-electron chi connectivity index (χ4n) is 5.52. The Labute approximate surface area is 241 Å². The fraction of sp³-hybridized carbons (Fsp3) is 0.276. The Hall–Kier alpha value is -3.71. The molecule has 1 amide bonds. The van der Waals surface area contributed by atoms with Crippen molar-refractivity contribution in [3.63, 3.8) is 0 Å². The van der Waals surface area contributed by atoms with Crippen molar-refractivity contribution >= 4 is 49.8 Å². The van der Waals surface area contributed by atoms with E-state index in [2.05, 4.69) is 26.1 Å². The zero-order valence-electron chi connectivity index (χ0n) is 22.5. The number of nitrogens with one attached hydrogen (secondary N) is 2. The minimum atomic E-state index is -1.52. The largest absolute Gasteiger partial charge is 0.366 e. The topological polar surface area (TPSA) is 147 Å². The number of primary amides is 1. The molecule has 0 saturated carbocycles. The molecule has 212 valence electrons. The van der Waals surface area contributed by atoms with Gasteiger partial charge >= 0.3 is 0 Å². The van der Waals surface area contributed by atoms with Gasteiger partial charge in [-0.1, -0.05) is 31.2 Å². The number of H-pyrrole nitrogens is 1. The molecule has 12 heteroatoms. The summed E-state index contributed by atoms with van der Waals surface area (Å²) in [4.78, 5) is 16.3. The van der Waals surface area contributed by atoms with Crippen LogP contribution in [0.2, 0.25) is 0 Å². The van der Waals surface area contributed by atoms with E-state index in [9.17, 15) is 13.2 Å². The van der Waals surface area contributed by atoms with Gasteiger partial charge in [0.1, 0.15) is 16.5 Å². The highest BCUT2D eigenvalue weighted by Crippen LogP contribution is 2.37. The van der Waals surface area contributed by atoms with Crippen molar-refractivity contribution in [3.8, 4) is 11.1 Å². The van der Waals surface area contributed by atoms with Gasteiger partial charge in [-0.05, 0) is 81.7 Å². The summed E-state index contributed by atoms with van der Waals surface area (Å²) in [6.45, 7) is 3.84. The third-order valence-corrected chi connectivity index (χ3v) is 10.2. The van der Waals surface area contributed by atoms with Crippen molar-refractivity contribution in [2.24, 2.45) is 5.73 Å². The lowest BCUT2D eigenvalue weighted by Gasteiger charge is -2.30. The van der Waals surface area contributed by atoms with Gasteiger partial charge in [-0.2, -0.15) is 0 Å². The van der Waals surface area contributed by atoms with Gasteiger partial charge in [0.2, 0.25) is 0 Å². The Morgan fingerprint density at radius 3 is 2.68 bits per heavy atom. The first-order valence-electron chi connectivity index (χ1n) is 13.5. The van der Waals surface area contributed by atoms with Crippen LogP contribution in [0.4, 0.5) is 0 Å². The second kappa shape index (κ2) is 11.6. The average Bonchev–Trinajstić information content (AvgIpc) is 3.66. The first-order valence-corrected chi connectivity index (χ1v) is 15.9. The van der Waals surface area contributed by atoms with Crippen molar-refractivity contribution in [2.45, 2.75) is 37.1 Å². The number of fused-ring (bicyclic) bond motifs is 2. The summed E-state index contributed by atoms with van der Waals surface area (Å²) in [7, 11) is -2.46. The van der Waals surface area contributed by atoms with E-state index < -0.39 is 27.9 Å². The van der Waals surface area contributed by atoms with Gasteiger partial charge in [0.05, 0.1) is 27.0 Å². The molecule has 41 heavy (non-hydrogen) atoms. The maximum atomic E-state index is 13.0. The van der Waals surface area contributed by atoms with Gasteiger partial charge < -0.3 is 10.7 Å². The molecule has 2 atom stereocenters. The zero-order valence-corrected chi connectivity index (χ0v) is 24.1. The number of nitrogens with two attached hydrogens (primary N) is 1. The standard InChI is InChI=1S/C29H30N6O4S2/c1-2-40(37)35-11-9-19(10-12-35)24-17-31-27-22(24)14-21(15-23(27)29(30)36)20-6-3-5-18(13-20)16-32-41(38)26-8-4-7-25-28(26)34-39-33-25/h3-8,13-15,17,19,31-32H,2,9-12,16H2,1H3,(H2,30,36). The van der Waals surface area contributed by atoms with Crippen LogP contribution in [0.15, 0.2) is 70.3 Å². The lowest BCUT2D eigenvalue weighted by Crippen LogP contribution is -2.35. The summed E-state index contributed by atoms with van der Waals surface area (Å²) in [5, 5.41) is 8.66. The maximum absolute atomic E-state index is 13.0. The van der Waals surface area contributed by atoms with Crippen molar-refractivity contribution < 1.29 is 17.8 Å². The molecule has 0 spiro atoms. The molecule has 1 fully saturated rings. The number of piperidine rings is 1. The molecule has 3 heterocycles. The summed E-state index contributed by atoms with van der Waals surface area (Å²) in [6.07, 6.45) is 3.77. The van der Waals surface area contributed by atoms with Crippen molar-refractivity contribution in [1.29, 1.82) is 0 Å². The second-order valence-electron chi connectivity index (χ2n) is 10.0. The normalized spacial score (nSPS) is 16.3. The Bertz CT molecular complexity index is 1790. The lowest BCUT2D eigenvalue weighted by atomic mass is 9.88. The predicted molar refractivity (Wildman–Crippen MR) is 160 cm³/mol. The molecule has 10 nitrogen and oxygen atoms in total. The number of aromatic amines is 1. The first-order chi connectivity index (χ1) is 19.9. The Kier molecular flexibility index (Phi) is 7.80. The number of carbonyl (C=O) groups excluding carboxylic acids is 1.